The summed E-state index contributed by atoms with van der Waals surface area (Å²) in [6.07, 6.45) is 0. The van der Waals surface area contributed by atoms with Crippen molar-refractivity contribution in [2.24, 2.45) is 0 Å². The van der Waals surface area contributed by atoms with Gasteiger partial charge in [0.25, 0.3) is 5.91 Å². The molecule has 180 valence electrons. The number of halogens is 1. The summed E-state index contributed by atoms with van der Waals surface area (Å²) < 4.78 is 26.4. The van der Waals surface area contributed by atoms with Gasteiger partial charge in [-0.05, 0) is 49.4 Å². The van der Waals surface area contributed by atoms with E-state index in [0.29, 0.717) is 28.8 Å². The lowest BCUT2D eigenvalue weighted by atomic mass is 10.1. The van der Waals surface area contributed by atoms with Crippen LogP contribution in [0.4, 0.5) is 10.1 Å². The van der Waals surface area contributed by atoms with Crippen molar-refractivity contribution in [2.75, 3.05) is 12.4 Å². The van der Waals surface area contributed by atoms with Crippen LogP contribution in [0, 0.1) is 5.82 Å². The number of carbonyl (C=O) groups excluding carboxylic acids is 2. The lowest BCUT2D eigenvalue weighted by Gasteiger charge is -2.11. The van der Waals surface area contributed by atoms with Crippen LogP contribution in [0.5, 0.6) is 5.75 Å². The fraction of sp³-hybridized carbons (Fsp3) is 0.111. The molecule has 0 aliphatic heterocycles. The Hall–Kier alpha value is -4.79. The number of aryl methyl sites for hydroxylation is 1. The second-order valence-corrected chi connectivity index (χ2v) is 7.97. The minimum atomic E-state index is -0.848. The fourth-order valence-electron chi connectivity index (χ4n) is 4.05. The maximum atomic E-state index is 13.9. The van der Waals surface area contributed by atoms with Crippen molar-refractivity contribution in [3.8, 4) is 5.75 Å². The standard InChI is InChI=1S/C27H20FN3O5/c1-3-31-20-12-11-16(28)14-19(20)25(33)23(30-31)27(34)29-22-18-9-4-5-10-21(18)36-26(22)24(32)15-7-6-8-17(13-15)35-2/h4-14H,3H2,1-2H3,(H,29,34). The van der Waals surface area contributed by atoms with E-state index in [0.717, 1.165) is 6.07 Å². The van der Waals surface area contributed by atoms with E-state index in [4.69, 9.17) is 9.15 Å². The number of carbonyl (C=O) groups is 2. The van der Waals surface area contributed by atoms with Gasteiger partial charge in [-0.15, -0.1) is 0 Å². The topological polar surface area (TPSA) is 103 Å². The van der Waals surface area contributed by atoms with Crippen LogP contribution in [0.3, 0.4) is 0 Å². The quantitative estimate of drug-likeness (QED) is 0.347. The zero-order valence-electron chi connectivity index (χ0n) is 19.4. The molecular weight excluding hydrogens is 465 g/mol. The molecule has 0 fully saturated rings. The highest BCUT2D eigenvalue weighted by molar-refractivity contribution is 6.18. The Morgan fingerprint density at radius 2 is 1.86 bits per heavy atom. The van der Waals surface area contributed by atoms with Gasteiger partial charge in [0.05, 0.1) is 23.7 Å². The SMILES string of the molecule is CCn1nc(C(=O)Nc2c(C(=O)c3cccc(OC)c3)oc3ccccc23)c(=O)c2cc(F)ccc21. The van der Waals surface area contributed by atoms with Crippen LogP contribution in [-0.4, -0.2) is 28.6 Å². The van der Waals surface area contributed by atoms with Crippen molar-refractivity contribution in [1.29, 1.82) is 0 Å². The van der Waals surface area contributed by atoms with Crippen LogP contribution in [0.1, 0.15) is 33.5 Å². The molecule has 1 amide bonds. The second-order valence-electron chi connectivity index (χ2n) is 7.97. The van der Waals surface area contributed by atoms with E-state index in [9.17, 15) is 18.8 Å². The zero-order valence-corrected chi connectivity index (χ0v) is 19.4. The Bertz CT molecular complexity index is 1720. The lowest BCUT2D eigenvalue weighted by Crippen LogP contribution is -2.27. The first kappa shape index (κ1) is 23.0. The number of hydrogen-bond donors (Lipinski definition) is 1. The molecule has 0 atom stereocenters. The van der Waals surface area contributed by atoms with Crippen LogP contribution >= 0.6 is 0 Å². The van der Waals surface area contributed by atoms with Crippen molar-refractivity contribution in [3.05, 3.63) is 99.8 Å². The predicted octanol–water partition coefficient (Wildman–Crippen LogP) is 4.79. The number of nitrogens with zero attached hydrogens (tertiary/aromatic N) is 2. The molecule has 8 nitrogen and oxygen atoms in total. The summed E-state index contributed by atoms with van der Waals surface area (Å²) in [5.74, 6) is -1.57. The van der Waals surface area contributed by atoms with Gasteiger partial charge in [-0.25, -0.2) is 4.39 Å². The summed E-state index contributed by atoms with van der Waals surface area (Å²) in [6, 6.07) is 17.1. The Morgan fingerprint density at radius 1 is 1.06 bits per heavy atom. The first-order chi connectivity index (χ1) is 17.4. The summed E-state index contributed by atoms with van der Waals surface area (Å²) in [4.78, 5) is 39.8. The number of hydrogen-bond acceptors (Lipinski definition) is 6. The number of amides is 1. The molecule has 0 saturated carbocycles. The summed E-state index contributed by atoms with van der Waals surface area (Å²) in [5.41, 5.74) is 0.0189. The summed E-state index contributed by atoms with van der Waals surface area (Å²) >= 11 is 0. The van der Waals surface area contributed by atoms with E-state index in [2.05, 4.69) is 10.4 Å². The molecule has 0 spiro atoms. The van der Waals surface area contributed by atoms with Crippen molar-refractivity contribution in [1.82, 2.24) is 9.78 Å². The van der Waals surface area contributed by atoms with Gasteiger partial charge in [0.1, 0.15) is 17.1 Å². The van der Waals surface area contributed by atoms with Crippen LogP contribution < -0.4 is 15.5 Å². The molecule has 36 heavy (non-hydrogen) atoms. The number of para-hydroxylation sites is 1. The van der Waals surface area contributed by atoms with E-state index in [-0.39, 0.29) is 22.4 Å². The van der Waals surface area contributed by atoms with Gasteiger partial charge in [0, 0.05) is 17.5 Å². The number of benzene rings is 3. The van der Waals surface area contributed by atoms with Crippen molar-refractivity contribution in [3.63, 3.8) is 0 Å². The number of methoxy groups -OCH3 is 1. The van der Waals surface area contributed by atoms with Crippen molar-refractivity contribution < 1.29 is 23.1 Å². The zero-order chi connectivity index (χ0) is 25.4. The maximum absolute atomic E-state index is 13.9. The molecule has 0 radical (unpaired) electrons. The first-order valence-electron chi connectivity index (χ1n) is 11.1. The highest BCUT2D eigenvalue weighted by Crippen LogP contribution is 2.33. The molecule has 2 aromatic heterocycles. The molecule has 0 unspecified atom stereocenters. The Kier molecular flexibility index (Phi) is 5.81. The van der Waals surface area contributed by atoms with E-state index in [1.807, 2.05) is 0 Å². The number of fused-ring (bicyclic) bond motifs is 2. The molecular formula is C27H20FN3O5. The average molecular weight is 485 g/mol. The third kappa shape index (κ3) is 3.90. The first-order valence-corrected chi connectivity index (χ1v) is 11.1. The molecule has 5 rings (SSSR count). The third-order valence-corrected chi connectivity index (χ3v) is 5.80. The smallest absolute Gasteiger partial charge is 0.280 e. The predicted molar refractivity (Wildman–Crippen MR) is 132 cm³/mol. The number of furan rings is 1. The number of anilines is 1. The highest BCUT2D eigenvalue weighted by Gasteiger charge is 2.26. The summed E-state index contributed by atoms with van der Waals surface area (Å²) in [5, 5.41) is 7.35. The van der Waals surface area contributed by atoms with E-state index >= 15 is 0 Å². The summed E-state index contributed by atoms with van der Waals surface area (Å²) in [7, 11) is 1.49. The van der Waals surface area contributed by atoms with Crippen LogP contribution in [0.2, 0.25) is 0 Å². The number of ketones is 1. The van der Waals surface area contributed by atoms with Gasteiger partial charge in [-0.3, -0.25) is 19.1 Å². The largest absolute Gasteiger partial charge is 0.497 e. The minimum Gasteiger partial charge on any atom is -0.497 e. The number of ether oxygens (including phenoxy) is 1. The van der Waals surface area contributed by atoms with E-state index in [1.165, 1.54) is 23.9 Å². The second kappa shape index (κ2) is 9.10. The maximum Gasteiger partial charge on any atom is 0.280 e. The Labute approximate surface area is 203 Å². The van der Waals surface area contributed by atoms with Gasteiger partial charge in [-0.2, -0.15) is 5.10 Å². The summed E-state index contributed by atoms with van der Waals surface area (Å²) in [6.45, 7) is 2.13. The normalized spacial score (nSPS) is 11.1. The lowest BCUT2D eigenvalue weighted by molar-refractivity contribution is 0.101. The molecule has 1 N–H and O–H groups in total. The van der Waals surface area contributed by atoms with Crippen LogP contribution in [0.15, 0.2) is 75.9 Å². The van der Waals surface area contributed by atoms with Gasteiger partial charge in [0.15, 0.2) is 11.5 Å². The molecule has 2 heterocycles. The molecule has 0 aliphatic rings. The van der Waals surface area contributed by atoms with Gasteiger partial charge < -0.3 is 14.5 Å². The minimum absolute atomic E-state index is 0.0294. The molecule has 0 saturated heterocycles. The van der Waals surface area contributed by atoms with Gasteiger partial charge >= 0.3 is 0 Å². The fourth-order valence-corrected chi connectivity index (χ4v) is 4.05. The van der Waals surface area contributed by atoms with Gasteiger partial charge in [0.2, 0.25) is 11.2 Å². The molecule has 3 aromatic carbocycles. The Balaban J connectivity index is 1.62. The van der Waals surface area contributed by atoms with E-state index in [1.54, 1.807) is 55.5 Å². The highest BCUT2D eigenvalue weighted by atomic mass is 19.1. The van der Waals surface area contributed by atoms with Crippen LogP contribution in [-0.2, 0) is 6.54 Å². The monoisotopic (exact) mass is 485 g/mol. The van der Waals surface area contributed by atoms with Gasteiger partial charge in [-0.1, -0.05) is 24.3 Å². The average Bonchev–Trinajstić information content (AvgIpc) is 3.26. The molecule has 5 aromatic rings. The molecule has 0 bridgehead atoms. The molecule has 9 heteroatoms. The number of rotatable bonds is 6. The number of nitrogens with one attached hydrogen (secondary N) is 1. The molecule has 0 aliphatic carbocycles. The number of aromatic nitrogens is 2. The van der Waals surface area contributed by atoms with Crippen molar-refractivity contribution in [2.45, 2.75) is 13.5 Å². The van der Waals surface area contributed by atoms with E-state index < -0.39 is 28.6 Å². The Morgan fingerprint density at radius 3 is 2.64 bits per heavy atom. The van der Waals surface area contributed by atoms with Crippen molar-refractivity contribution >= 4 is 39.2 Å². The van der Waals surface area contributed by atoms with Crippen LogP contribution in [0.25, 0.3) is 21.9 Å². The third-order valence-electron chi connectivity index (χ3n) is 5.80.